The number of furan rings is 1. The highest BCUT2D eigenvalue weighted by Gasteiger charge is 2.24. The van der Waals surface area contributed by atoms with Gasteiger partial charge in [0.15, 0.2) is 0 Å². The lowest BCUT2D eigenvalue weighted by Crippen LogP contribution is -2.41. The molecular weight excluding hydrogens is 342 g/mol. The molecule has 1 aromatic carbocycles. The van der Waals surface area contributed by atoms with Crippen LogP contribution in [0.1, 0.15) is 36.6 Å². The van der Waals surface area contributed by atoms with Gasteiger partial charge in [0.2, 0.25) is 5.91 Å². The molecule has 0 bridgehead atoms. The van der Waals surface area contributed by atoms with Crippen molar-refractivity contribution in [2.45, 2.75) is 31.8 Å². The second-order valence-electron chi connectivity index (χ2n) is 6.85. The average molecular weight is 371 g/mol. The van der Waals surface area contributed by atoms with Crippen LogP contribution in [0, 0.1) is 0 Å². The van der Waals surface area contributed by atoms with Crippen LogP contribution in [0.3, 0.4) is 0 Å². The van der Waals surface area contributed by atoms with Crippen molar-refractivity contribution >= 4 is 5.91 Å². The van der Waals surface area contributed by atoms with E-state index in [0.29, 0.717) is 13.1 Å². The fourth-order valence-electron chi connectivity index (χ4n) is 3.55. The zero-order valence-corrected chi connectivity index (χ0v) is 15.9. The molecule has 1 atom stereocenters. The maximum atomic E-state index is 12.2. The summed E-state index contributed by atoms with van der Waals surface area (Å²) < 4.78 is 11.0. The van der Waals surface area contributed by atoms with E-state index >= 15 is 0 Å². The quantitative estimate of drug-likeness (QED) is 0.709. The van der Waals surface area contributed by atoms with Crippen molar-refractivity contribution in [1.82, 2.24) is 15.5 Å². The zero-order chi connectivity index (χ0) is 18.9. The number of carbonyl (C=O) groups is 1. The molecule has 2 N–H and O–H groups in total. The topological polar surface area (TPSA) is 66.7 Å². The smallest absolute Gasteiger partial charge is 0.234 e. The molecule has 6 heteroatoms. The number of para-hydroxylation sites is 1. The number of likely N-dealkylation sites (tertiary alicyclic amines) is 1. The first-order chi connectivity index (χ1) is 13.3. The number of methoxy groups -OCH3 is 1. The fourth-order valence-corrected chi connectivity index (χ4v) is 3.55. The van der Waals surface area contributed by atoms with Gasteiger partial charge in [-0.25, -0.2) is 0 Å². The van der Waals surface area contributed by atoms with Crippen LogP contribution in [-0.2, 0) is 11.3 Å². The average Bonchev–Trinajstić information content (AvgIpc) is 3.25. The summed E-state index contributed by atoms with van der Waals surface area (Å²) in [4.78, 5) is 14.7. The SMILES string of the molecule is COc1ccccc1CNC(=O)CNC[C@@H](c1ccco1)N1CCCCC1. The number of hydrogen-bond acceptors (Lipinski definition) is 5. The molecule has 0 spiro atoms. The van der Waals surface area contributed by atoms with Crippen LogP contribution in [0.5, 0.6) is 5.75 Å². The summed E-state index contributed by atoms with van der Waals surface area (Å²) in [7, 11) is 1.64. The maximum Gasteiger partial charge on any atom is 0.234 e. The number of benzene rings is 1. The van der Waals surface area contributed by atoms with Gasteiger partial charge in [-0.05, 0) is 44.1 Å². The van der Waals surface area contributed by atoms with Gasteiger partial charge in [-0.2, -0.15) is 0 Å². The maximum absolute atomic E-state index is 12.2. The summed E-state index contributed by atoms with van der Waals surface area (Å²) in [5, 5.41) is 6.23. The summed E-state index contributed by atoms with van der Waals surface area (Å²) >= 11 is 0. The van der Waals surface area contributed by atoms with Gasteiger partial charge in [0.05, 0.1) is 26.0 Å². The highest BCUT2D eigenvalue weighted by molar-refractivity contribution is 5.78. The molecule has 0 saturated carbocycles. The molecule has 0 unspecified atom stereocenters. The highest BCUT2D eigenvalue weighted by atomic mass is 16.5. The first kappa shape index (κ1) is 19.5. The Balaban J connectivity index is 1.47. The fraction of sp³-hybridized carbons (Fsp3) is 0.476. The van der Waals surface area contributed by atoms with Crippen LogP contribution in [0.2, 0.25) is 0 Å². The van der Waals surface area contributed by atoms with Gasteiger partial charge in [-0.3, -0.25) is 9.69 Å². The molecule has 6 nitrogen and oxygen atoms in total. The molecule has 1 amide bonds. The molecule has 1 aromatic heterocycles. The molecule has 0 aliphatic carbocycles. The first-order valence-corrected chi connectivity index (χ1v) is 9.64. The van der Waals surface area contributed by atoms with E-state index in [-0.39, 0.29) is 18.5 Å². The van der Waals surface area contributed by atoms with Gasteiger partial charge in [0.1, 0.15) is 11.5 Å². The van der Waals surface area contributed by atoms with Crippen LogP contribution >= 0.6 is 0 Å². The molecule has 27 heavy (non-hydrogen) atoms. The van der Waals surface area contributed by atoms with Crippen molar-refractivity contribution in [3.63, 3.8) is 0 Å². The lowest BCUT2D eigenvalue weighted by atomic mass is 10.1. The number of carbonyl (C=O) groups excluding carboxylic acids is 1. The Morgan fingerprint density at radius 2 is 2.00 bits per heavy atom. The Morgan fingerprint density at radius 3 is 2.74 bits per heavy atom. The van der Waals surface area contributed by atoms with Gasteiger partial charge < -0.3 is 19.8 Å². The van der Waals surface area contributed by atoms with Crippen molar-refractivity contribution in [3.8, 4) is 5.75 Å². The van der Waals surface area contributed by atoms with E-state index in [1.165, 1.54) is 19.3 Å². The summed E-state index contributed by atoms with van der Waals surface area (Å²) in [5.74, 6) is 1.71. The minimum Gasteiger partial charge on any atom is -0.496 e. The molecule has 1 saturated heterocycles. The van der Waals surface area contributed by atoms with E-state index in [0.717, 1.165) is 30.2 Å². The predicted molar refractivity (Wildman–Crippen MR) is 105 cm³/mol. The Bertz CT molecular complexity index is 696. The van der Waals surface area contributed by atoms with Crippen molar-refractivity contribution < 1.29 is 13.9 Å². The number of nitrogens with zero attached hydrogens (tertiary/aromatic N) is 1. The van der Waals surface area contributed by atoms with Gasteiger partial charge in [0, 0.05) is 18.7 Å². The van der Waals surface area contributed by atoms with E-state index in [2.05, 4.69) is 15.5 Å². The molecule has 1 aliphatic heterocycles. The molecule has 1 aliphatic rings. The number of ether oxygens (including phenoxy) is 1. The van der Waals surface area contributed by atoms with Crippen LogP contribution < -0.4 is 15.4 Å². The van der Waals surface area contributed by atoms with Gasteiger partial charge in [-0.15, -0.1) is 0 Å². The number of piperidine rings is 1. The minimum atomic E-state index is -0.0299. The monoisotopic (exact) mass is 371 g/mol. The first-order valence-electron chi connectivity index (χ1n) is 9.64. The van der Waals surface area contributed by atoms with Gasteiger partial charge in [0.25, 0.3) is 0 Å². The van der Waals surface area contributed by atoms with E-state index in [1.807, 2.05) is 36.4 Å². The molecule has 2 heterocycles. The lowest BCUT2D eigenvalue weighted by Gasteiger charge is -2.33. The largest absolute Gasteiger partial charge is 0.496 e. The highest BCUT2D eigenvalue weighted by Crippen LogP contribution is 2.24. The summed E-state index contributed by atoms with van der Waals surface area (Å²) in [6, 6.07) is 11.8. The lowest BCUT2D eigenvalue weighted by molar-refractivity contribution is -0.120. The molecule has 2 aromatic rings. The standard InChI is InChI=1S/C21H29N3O3/c1-26-19-9-4-3-8-17(19)14-23-21(25)16-22-15-18(20-10-7-13-27-20)24-11-5-2-6-12-24/h3-4,7-10,13,18,22H,2,5-6,11-12,14-16H2,1H3,(H,23,25)/t18-/m0/s1. The second kappa shape index (κ2) is 10.1. The Hall–Kier alpha value is -2.31. The van der Waals surface area contributed by atoms with Crippen LogP contribution in [-0.4, -0.2) is 44.1 Å². The van der Waals surface area contributed by atoms with Crippen molar-refractivity contribution in [3.05, 3.63) is 54.0 Å². The second-order valence-corrected chi connectivity index (χ2v) is 6.85. The Kier molecular flexibility index (Phi) is 7.30. The zero-order valence-electron chi connectivity index (χ0n) is 15.9. The van der Waals surface area contributed by atoms with Crippen LogP contribution in [0.4, 0.5) is 0 Å². The number of nitrogens with one attached hydrogen (secondary N) is 2. The summed E-state index contributed by atoms with van der Waals surface area (Å²) in [6.07, 6.45) is 5.44. The molecule has 3 rings (SSSR count). The van der Waals surface area contributed by atoms with Crippen LogP contribution in [0.15, 0.2) is 47.1 Å². The van der Waals surface area contributed by atoms with E-state index in [1.54, 1.807) is 13.4 Å². The number of hydrogen-bond donors (Lipinski definition) is 2. The summed E-state index contributed by atoms with van der Waals surface area (Å²) in [5.41, 5.74) is 0.968. The van der Waals surface area contributed by atoms with Crippen molar-refractivity contribution in [1.29, 1.82) is 0 Å². The Morgan fingerprint density at radius 1 is 1.19 bits per heavy atom. The van der Waals surface area contributed by atoms with E-state index in [4.69, 9.17) is 9.15 Å². The van der Waals surface area contributed by atoms with Crippen molar-refractivity contribution in [2.75, 3.05) is 33.3 Å². The molecule has 1 fully saturated rings. The molecule has 146 valence electrons. The van der Waals surface area contributed by atoms with Crippen LogP contribution in [0.25, 0.3) is 0 Å². The normalized spacial score (nSPS) is 16.0. The van der Waals surface area contributed by atoms with Crippen molar-refractivity contribution in [2.24, 2.45) is 0 Å². The van der Waals surface area contributed by atoms with Gasteiger partial charge in [-0.1, -0.05) is 24.6 Å². The third-order valence-electron chi connectivity index (χ3n) is 4.99. The third-order valence-corrected chi connectivity index (χ3v) is 4.99. The Labute approximate surface area is 160 Å². The third kappa shape index (κ3) is 5.58. The number of rotatable bonds is 9. The van der Waals surface area contributed by atoms with Gasteiger partial charge >= 0.3 is 0 Å². The predicted octanol–water partition coefficient (Wildman–Crippen LogP) is 2.72. The minimum absolute atomic E-state index is 0.0299. The van der Waals surface area contributed by atoms with E-state index < -0.39 is 0 Å². The van der Waals surface area contributed by atoms with E-state index in [9.17, 15) is 4.79 Å². The molecular formula is C21H29N3O3. The number of amides is 1. The molecule has 0 radical (unpaired) electrons. The summed E-state index contributed by atoms with van der Waals surface area (Å²) in [6.45, 7) is 3.58.